The summed E-state index contributed by atoms with van der Waals surface area (Å²) in [6.07, 6.45) is 0.157. The SMILES string of the molecule is CC1=NO[C@@]2(CC[C@H](C)N3C[C@H]2n2cc(C(=O)NCc4ccc(F)cc4F)c(=O)c(OCOC(=O)CC(C)(C)c4c(CC(=O)N[C@@H](CC(=O)O)C(=O)O)cc(C)cc4OP(=O)(O)O)c2C3=O)C1. The van der Waals surface area contributed by atoms with Crippen molar-refractivity contribution in [2.75, 3.05) is 13.3 Å². The standard InChI is InChI=1S/C43H48F2N5O16P/c1-21-10-25(12-32(51)47-29(41(58)59)14-33(52)53)35(30(11-21)65-67(60,61)62)42(4,5)16-34(54)63-20-64-38-36-40(57)49-19-31(43(9-8-23(49)3)15-22(2)48-66-43)50(36)18-27(37(38)55)39(56)46-17-24-6-7-26(44)13-28(24)45/h6-7,10-11,13,18,23,29,31H,8-9,12,14-17,19-20H2,1-5H3,(H,46,56)(H,47,51)(H,52,53)(H,58,59)(H2,60,61,62)/t23-,29-,31+,43-/m0/s1. The number of benzene rings is 2. The first-order valence-electron chi connectivity index (χ1n) is 20.7. The summed E-state index contributed by atoms with van der Waals surface area (Å²) in [5.74, 6) is -9.80. The number of hydrogen-bond donors (Lipinski definition) is 6. The Kier molecular flexibility index (Phi) is 14.3. The predicted molar refractivity (Wildman–Crippen MR) is 227 cm³/mol. The molecule has 1 saturated heterocycles. The van der Waals surface area contributed by atoms with Crippen LogP contribution in [-0.2, 0) is 51.7 Å². The van der Waals surface area contributed by atoms with E-state index in [0.29, 0.717) is 36.6 Å². The smallest absolute Gasteiger partial charge is 0.481 e. The molecule has 0 aliphatic carbocycles. The number of amides is 3. The van der Waals surface area contributed by atoms with E-state index < -0.39 is 133 Å². The summed E-state index contributed by atoms with van der Waals surface area (Å²) in [6.45, 7) is 6.54. The van der Waals surface area contributed by atoms with Gasteiger partial charge in [0.2, 0.25) is 23.9 Å². The van der Waals surface area contributed by atoms with Gasteiger partial charge >= 0.3 is 25.7 Å². The number of carboxylic acids is 2. The number of aromatic nitrogens is 1. The fourth-order valence-corrected chi connectivity index (χ4v) is 9.12. The average molecular weight is 960 g/mol. The van der Waals surface area contributed by atoms with Gasteiger partial charge in [-0.15, -0.1) is 0 Å². The number of nitrogens with one attached hydrogen (secondary N) is 2. The van der Waals surface area contributed by atoms with Crippen molar-refractivity contribution in [2.45, 2.75) is 109 Å². The molecule has 1 spiro atoms. The van der Waals surface area contributed by atoms with Crippen molar-refractivity contribution in [3.63, 3.8) is 0 Å². The molecule has 3 aliphatic heterocycles. The number of nitrogens with zero attached hydrogens (tertiary/aromatic N) is 3. The molecule has 3 aromatic rings. The number of aryl methyl sites for hydroxylation is 1. The fourth-order valence-electron chi connectivity index (χ4n) is 8.72. The lowest BCUT2D eigenvalue weighted by molar-refractivity contribution is -0.151. The third-order valence-corrected chi connectivity index (χ3v) is 12.2. The highest BCUT2D eigenvalue weighted by atomic mass is 31.2. The molecule has 24 heteroatoms. The first-order chi connectivity index (χ1) is 31.3. The molecule has 21 nitrogen and oxygen atoms in total. The molecule has 6 rings (SSSR count). The van der Waals surface area contributed by atoms with Gasteiger partial charge in [-0.3, -0.25) is 38.6 Å². The molecule has 2 aromatic carbocycles. The van der Waals surface area contributed by atoms with Crippen molar-refractivity contribution in [3.8, 4) is 11.5 Å². The topological polar surface area (TPSA) is 299 Å². The lowest BCUT2D eigenvalue weighted by Crippen LogP contribution is -2.52. The van der Waals surface area contributed by atoms with E-state index in [4.69, 9.17) is 23.9 Å². The molecular formula is C43H48F2N5O16P. The molecule has 1 fully saturated rings. The largest absolute Gasteiger partial charge is 0.524 e. The summed E-state index contributed by atoms with van der Waals surface area (Å²) >= 11 is 0. The van der Waals surface area contributed by atoms with Gasteiger partial charge in [-0.1, -0.05) is 31.1 Å². The monoisotopic (exact) mass is 959 g/mol. The van der Waals surface area contributed by atoms with Crippen LogP contribution in [0.15, 0.2) is 46.5 Å². The quantitative estimate of drug-likeness (QED) is 0.0642. The van der Waals surface area contributed by atoms with Crippen molar-refractivity contribution in [3.05, 3.63) is 91.9 Å². The van der Waals surface area contributed by atoms with Crippen molar-refractivity contribution in [1.82, 2.24) is 20.1 Å². The van der Waals surface area contributed by atoms with Crippen LogP contribution in [-0.4, -0.2) is 102 Å². The number of fused-ring (bicyclic) bond motifs is 5. The molecule has 3 amide bonds. The molecule has 0 radical (unpaired) electrons. The van der Waals surface area contributed by atoms with Crippen molar-refractivity contribution < 1.29 is 80.9 Å². The number of ether oxygens (including phenoxy) is 2. The normalized spacial score (nSPS) is 19.3. The van der Waals surface area contributed by atoms with Gasteiger partial charge in [0.15, 0.2) is 11.3 Å². The number of phosphoric acid groups is 1. The first kappa shape index (κ1) is 49.7. The zero-order chi connectivity index (χ0) is 49.3. The number of hydrogen-bond acceptors (Lipinski definition) is 13. The van der Waals surface area contributed by atoms with Gasteiger partial charge < -0.3 is 49.1 Å². The highest BCUT2D eigenvalue weighted by molar-refractivity contribution is 7.46. The van der Waals surface area contributed by atoms with E-state index in [1.807, 2.05) is 6.92 Å². The zero-order valence-corrected chi connectivity index (χ0v) is 37.7. The Hall–Kier alpha value is -6.71. The van der Waals surface area contributed by atoms with E-state index in [1.165, 1.54) is 48.6 Å². The second-order valence-electron chi connectivity index (χ2n) is 17.3. The van der Waals surface area contributed by atoms with E-state index >= 15 is 0 Å². The molecule has 0 unspecified atom stereocenters. The minimum atomic E-state index is -5.29. The summed E-state index contributed by atoms with van der Waals surface area (Å²) in [4.78, 5) is 119. The molecule has 1 aromatic heterocycles. The number of carbonyl (C=O) groups is 6. The summed E-state index contributed by atoms with van der Waals surface area (Å²) in [7, 11) is -5.29. The Morgan fingerprint density at radius 2 is 1.79 bits per heavy atom. The number of rotatable bonds is 17. The molecule has 360 valence electrons. The van der Waals surface area contributed by atoms with Crippen molar-refractivity contribution >= 4 is 49.2 Å². The molecule has 67 heavy (non-hydrogen) atoms. The van der Waals surface area contributed by atoms with Gasteiger partial charge in [-0.05, 0) is 56.9 Å². The Balaban J connectivity index is 1.32. The molecule has 4 heterocycles. The maximum atomic E-state index is 14.5. The lowest BCUT2D eigenvalue weighted by Gasteiger charge is -2.42. The van der Waals surface area contributed by atoms with Crippen LogP contribution in [0.1, 0.15) is 109 Å². The number of pyridine rings is 1. The van der Waals surface area contributed by atoms with Gasteiger partial charge in [0.1, 0.15) is 29.0 Å². The highest BCUT2D eigenvalue weighted by Gasteiger charge is 2.54. The number of halogens is 2. The van der Waals surface area contributed by atoms with E-state index in [-0.39, 0.29) is 35.0 Å². The van der Waals surface area contributed by atoms with Gasteiger partial charge in [0.25, 0.3) is 11.8 Å². The number of carbonyl (C=O) groups excluding carboxylic acids is 4. The van der Waals surface area contributed by atoms with Gasteiger partial charge in [-0.2, -0.15) is 0 Å². The fraction of sp³-hybridized carbons (Fsp3) is 0.442. The van der Waals surface area contributed by atoms with Crippen molar-refractivity contribution in [1.29, 1.82) is 0 Å². The van der Waals surface area contributed by atoms with Crippen LogP contribution >= 0.6 is 7.82 Å². The Bertz CT molecular complexity index is 2680. The van der Waals surface area contributed by atoms with E-state index in [9.17, 15) is 61.8 Å². The molecule has 6 N–H and O–H groups in total. The number of carboxylic acid groups (broad SMARTS) is 2. The van der Waals surface area contributed by atoms with Gasteiger partial charge in [0, 0.05) is 54.4 Å². The van der Waals surface area contributed by atoms with Crippen LogP contribution in [0.2, 0.25) is 0 Å². The number of aliphatic carboxylic acids is 2. The summed E-state index contributed by atoms with van der Waals surface area (Å²) in [6, 6.07) is 2.44. The van der Waals surface area contributed by atoms with E-state index in [0.717, 1.165) is 12.1 Å². The number of phosphoric ester groups is 1. The summed E-state index contributed by atoms with van der Waals surface area (Å²) < 4.78 is 57.9. The second kappa shape index (κ2) is 19.3. The number of esters is 1. The second-order valence-corrected chi connectivity index (χ2v) is 18.5. The Morgan fingerprint density at radius 3 is 2.42 bits per heavy atom. The molecular weight excluding hydrogens is 911 g/mol. The highest BCUT2D eigenvalue weighted by Crippen LogP contribution is 2.47. The molecule has 2 bridgehead atoms. The van der Waals surface area contributed by atoms with Gasteiger partial charge in [-0.25, -0.2) is 18.1 Å². The molecule has 0 saturated carbocycles. The third kappa shape index (κ3) is 11.1. The molecule has 4 atom stereocenters. The van der Waals surface area contributed by atoms with E-state index in [2.05, 4.69) is 15.8 Å². The summed E-state index contributed by atoms with van der Waals surface area (Å²) in [5.41, 5.74) is -3.69. The maximum absolute atomic E-state index is 14.5. The van der Waals surface area contributed by atoms with Crippen LogP contribution in [0.5, 0.6) is 11.5 Å². The number of oxime groups is 1. The third-order valence-electron chi connectivity index (χ3n) is 11.7. The summed E-state index contributed by atoms with van der Waals surface area (Å²) in [5, 5.41) is 27.3. The van der Waals surface area contributed by atoms with Crippen molar-refractivity contribution in [2.24, 2.45) is 5.16 Å². The van der Waals surface area contributed by atoms with Crippen LogP contribution in [0.3, 0.4) is 0 Å². The first-order valence-corrected chi connectivity index (χ1v) is 22.3. The maximum Gasteiger partial charge on any atom is 0.524 e. The zero-order valence-electron chi connectivity index (χ0n) is 36.8. The van der Waals surface area contributed by atoms with Crippen LogP contribution < -0.4 is 25.3 Å². The Labute approximate surface area is 380 Å². The van der Waals surface area contributed by atoms with E-state index in [1.54, 1.807) is 6.92 Å². The Morgan fingerprint density at radius 1 is 1.07 bits per heavy atom. The van der Waals surface area contributed by atoms with Crippen LogP contribution in [0, 0.1) is 18.6 Å². The lowest BCUT2D eigenvalue weighted by atomic mass is 9.77. The van der Waals surface area contributed by atoms with Crippen LogP contribution in [0.25, 0.3) is 0 Å². The molecule has 3 aliphatic rings. The predicted octanol–water partition coefficient (Wildman–Crippen LogP) is 3.38. The van der Waals surface area contributed by atoms with Gasteiger partial charge in [0.05, 0.1) is 31.0 Å². The average Bonchev–Trinajstić information content (AvgIpc) is 3.53. The minimum absolute atomic E-state index is 0.0141. The van der Waals surface area contributed by atoms with Crippen LogP contribution in [0.4, 0.5) is 8.78 Å². The minimum Gasteiger partial charge on any atom is -0.481 e.